The van der Waals surface area contributed by atoms with Crippen LogP contribution in [0.15, 0.2) is 41.5 Å². The van der Waals surface area contributed by atoms with Gasteiger partial charge < -0.3 is 10.1 Å². The molecule has 1 N–H and O–H groups in total. The lowest BCUT2D eigenvalue weighted by molar-refractivity contribution is -0.962. The molecule has 2 aliphatic heterocycles. The monoisotopic (exact) mass is 353 g/mol. The molecule has 1 aromatic rings. The number of methoxy groups -OCH3 is 1. The molecule has 26 heavy (non-hydrogen) atoms. The second-order valence-electron chi connectivity index (χ2n) is 7.18. The Labute approximate surface area is 153 Å². The van der Waals surface area contributed by atoms with E-state index in [4.69, 9.17) is 9.57 Å². The zero-order valence-electron chi connectivity index (χ0n) is 15.7. The Morgan fingerprint density at radius 2 is 2.15 bits per heavy atom. The fourth-order valence-corrected chi connectivity index (χ4v) is 3.82. The molecule has 3 aliphatic rings. The van der Waals surface area contributed by atoms with Crippen molar-refractivity contribution >= 4 is 17.7 Å². The van der Waals surface area contributed by atoms with Crippen LogP contribution in [0.5, 0.6) is 0 Å². The van der Waals surface area contributed by atoms with E-state index in [1.807, 2.05) is 6.20 Å². The van der Waals surface area contributed by atoms with Crippen molar-refractivity contribution in [2.45, 2.75) is 26.7 Å². The molecule has 136 valence electrons. The Kier molecular flexibility index (Phi) is 4.17. The summed E-state index contributed by atoms with van der Waals surface area (Å²) in [5.74, 6) is 2.06. The predicted molar refractivity (Wildman–Crippen MR) is 100 cm³/mol. The number of fused-ring (bicyclic) bond motifs is 3. The van der Waals surface area contributed by atoms with Crippen LogP contribution >= 0.6 is 0 Å². The lowest BCUT2D eigenvalue weighted by Crippen LogP contribution is -2.42. The number of hydrogen-bond donors (Lipinski definition) is 1. The first-order valence-electron chi connectivity index (χ1n) is 9.05. The zero-order chi connectivity index (χ0) is 18.3. The van der Waals surface area contributed by atoms with Gasteiger partial charge in [-0.3, -0.25) is 0 Å². The first kappa shape index (κ1) is 17.0. The third-order valence-corrected chi connectivity index (χ3v) is 5.04. The van der Waals surface area contributed by atoms with Crippen LogP contribution in [-0.2, 0) is 9.57 Å². The molecule has 6 heteroatoms. The standard InChI is InChI=1S/C20H25N4O2/c1-13(2)10-21-20-18-15(11-22-23-20)12-24(26-4)17(25-3)9-14-7-5-6-8-16(14)19(18)24/h6,8-9,11-13H,5,7,10H2,1-4H3,(H,21,23)/q+1. The SMILES string of the molecule is COC1=CC2=C(C=CCC2)C2=c3c(NCC(C)C)nncc3=C[N+]12OC. The van der Waals surface area contributed by atoms with Gasteiger partial charge in [-0.25, -0.2) is 0 Å². The maximum absolute atomic E-state index is 6.02. The third-order valence-electron chi connectivity index (χ3n) is 5.04. The molecule has 1 atom stereocenters. The van der Waals surface area contributed by atoms with Crippen molar-refractivity contribution in [1.82, 2.24) is 10.2 Å². The molecule has 0 saturated carbocycles. The van der Waals surface area contributed by atoms with Crippen molar-refractivity contribution < 1.29 is 14.2 Å². The fourth-order valence-electron chi connectivity index (χ4n) is 3.82. The molecule has 0 amide bonds. The maximum atomic E-state index is 6.02. The average Bonchev–Trinajstić information content (AvgIpc) is 3.02. The van der Waals surface area contributed by atoms with Crippen LogP contribution in [0.1, 0.15) is 26.7 Å². The molecule has 1 aromatic heterocycles. The highest BCUT2D eigenvalue weighted by Gasteiger charge is 2.49. The number of nitrogens with zero attached hydrogens (tertiary/aromatic N) is 3. The van der Waals surface area contributed by atoms with Crippen LogP contribution in [0, 0.1) is 5.92 Å². The summed E-state index contributed by atoms with van der Waals surface area (Å²) in [5.41, 5.74) is 3.52. The highest BCUT2D eigenvalue weighted by atomic mass is 16.7. The number of ether oxygens (including phenoxy) is 1. The van der Waals surface area contributed by atoms with Crippen molar-refractivity contribution in [1.29, 1.82) is 0 Å². The van der Waals surface area contributed by atoms with Crippen LogP contribution < -0.4 is 15.8 Å². The minimum Gasteiger partial charge on any atom is -0.452 e. The Hall–Kier alpha value is -2.44. The van der Waals surface area contributed by atoms with Gasteiger partial charge in [0.05, 0.1) is 30.9 Å². The minimum absolute atomic E-state index is 0.0960. The van der Waals surface area contributed by atoms with E-state index in [1.54, 1.807) is 20.4 Å². The molecule has 0 spiro atoms. The summed E-state index contributed by atoms with van der Waals surface area (Å²) < 4.78 is 5.85. The highest BCUT2D eigenvalue weighted by Crippen LogP contribution is 2.43. The Morgan fingerprint density at radius 3 is 2.88 bits per heavy atom. The van der Waals surface area contributed by atoms with Crippen molar-refractivity contribution in [2.75, 3.05) is 26.1 Å². The number of hydrogen-bond acceptors (Lipinski definition) is 5. The van der Waals surface area contributed by atoms with Gasteiger partial charge in [-0.2, -0.15) is 9.94 Å². The average molecular weight is 353 g/mol. The molecule has 6 nitrogen and oxygen atoms in total. The molecular formula is C20H25N4O2+. The van der Waals surface area contributed by atoms with E-state index < -0.39 is 0 Å². The van der Waals surface area contributed by atoms with Gasteiger partial charge in [0.1, 0.15) is 0 Å². The number of quaternary nitrogens is 1. The summed E-state index contributed by atoms with van der Waals surface area (Å²) in [6, 6.07) is 0. The van der Waals surface area contributed by atoms with Crippen molar-refractivity contribution in [3.05, 3.63) is 51.9 Å². The first-order chi connectivity index (χ1) is 12.6. The Morgan fingerprint density at radius 1 is 1.31 bits per heavy atom. The topological polar surface area (TPSA) is 56.3 Å². The van der Waals surface area contributed by atoms with Gasteiger partial charge in [0.25, 0.3) is 0 Å². The second kappa shape index (κ2) is 6.37. The van der Waals surface area contributed by atoms with E-state index in [0.717, 1.165) is 47.2 Å². The van der Waals surface area contributed by atoms with Crippen LogP contribution in [-0.4, -0.2) is 35.6 Å². The lowest BCUT2D eigenvalue weighted by Gasteiger charge is -2.34. The quantitative estimate of drug-likeness (QED) is 0.820. The van der Waals surface area contributed by atoms with E-state index >= 15 is 0 Å². The molecule has 0 saturated heterocycles. The lowest BCUT2D eigenvalue weighted by atomic mass is 9.91. The molecule has 4 rings (SSSR count). The number of nitrogens with one attached hydrogen (secondary N) is 1. The van der Waals surface area contributed by atoms with E-state index in [-0.39, 0.29) is 4.65 Å². The second-order valence-corrected chi connectivity index (χ2v) is 7.18. The molecule has 1 unspecified atom stereocenters. The number of allylic oxidation sites excluding steroid dienone is 3. The molecule has 1 aliphatic carbocycles. The molecule has 0 fully saturated rings. The normalized spacial score (nSPS) is 23.3. The minimum atomic E-state index is 0.0960. The van der Waals surface area contributed by atoms with Gasteiger partial charge in [0, 0.05) is 18.2 Å². The molecule has 0 aromatic carbocycles. The summed E-state index contributed by atoms with van der Waals surface area (Å²) in [7, 11) is 3.40. The predicted octanol–water partition coefficient (Wildman–Crippen LogP) is 1.93. The van der Waals surface area contributed by atoms with Crippen LogP contribution in [0.25, 0.3) is 11.9 Å². The first-order valence-corrected chi connectivity index (χ1v) is 9.05. The van der Waals surface area contributed by atoms with E-state index in [0.29, 0.717) is 5.92 Å². The molecular weight excluding hydrogens is 328 g/mol. The van der Waals surface area contributed by atoms with Crippen molar-refractivity contribution in [2.24, 2.45) is 5.92 Å². The van der Waals surface area contributed by atoms with Crippen LogP contribution in [0.2, 0.25) is 0 Å². The summed E-state index contributed by atoms with van der Waals surface area (Å²) in [6.07, 6.45) is 12.4. The smallest absolute Gasteiger partial charge is 0.335 e. The number of hydroxylamine groups is 3. The van der Waals surface area contributed by atoms with E-state index in [1.165, 1.54) is 11.1 Å². The number of anilines is 1. The van der Waals surface area contributed by atoms with Gasteiger partial charge >= 0.3 is 5.88 Å². The zero-order valence-corrected chi connectivity index (χ0v) is 15.7. The van der Waals surface area contributed by atoms with Crippen molar-refractivity contribution in [3.8, 4) is 0 Å². The molecule has 0 bridgehead atoms. The van der Waals surface area contributed by atoms with Gasteiger partial charge in [-0.15, -0.1) is 5.10 Å². The summed E-state index contributed by atoms with van der Waals surface area (Å²) in [4.78, 5) is 6.02. The summed E-state index contributed by atoms with van der Waals surface area (Å²) in [5, 5.41) is 14.1. The Balaban J connectivity index is 2.04. The summed E-state index contributed by atoms with van der Waals surface area (Å²) in [6.45, 7) is 5.19. The summed E-state index contributed by atoms with van der Waals surface area (Å²) >= 11 is 0. The molecule has 3 heterocycles. The van der Waals surface area contributed by atoms with Crippen LogP contribution in [0.3, 0.4) is 0 Å². The number of rotatable bonds is 5. The number of aromatic nitrogens is 2. The van der Waals surface area contributed by atoms with Gasteiger partial charge in [-0.05, 0) is 24.3 Å². The van der Waals surface area contributed by atoms with Gasteiger partial charge in [0.15, 0.2) is 17.7 Å². The van der Waals surface area contributed by atoms with E-state index in [9.17, 15) is 0 Å². The highest BCUT2D eigenvalue weighted by molar-refractivity contribution is 5.74. The van der Waals surface area contributed by atoms with E-state index in [2.05, 4.69) is 47.6 Å². The van der Waals surface area contributed by atoms with Crippen LogP contribution in [0.4, 0.5) is 5.82 Å². The maximum Gasteiger partial charge on any atom is 0.335 e. The third kappa shape index (κ3) is 2.40. The van der Waals surface area contributed by atoms with Gasteiger partial charge in [0.2, 0.25) is 0 Å². The fraction of sp³-hybridized carbons (Fsp3) is 0.400. The largest absolute Gasteiger partial charge is 0.452 e. The molecule has 0 radical (unpaired) electrons. The van der Waals surface area contributed by atoms with Crippen molar-refractivity contribution in [3.63, 3.8) is 0 Å². The Bertz CT molecular complexity index is 959. The van der Waals surface area contributed by atoms with Gasteiger partial charge in [-0.1, -0.05) is 30.6 Å².